The van der Waals surface area contributed by atoms with Gasteiger partial charge in [-0.15, -0.1) is 0 Å². The predicted octanol–water partition coefficient (Wildman–Crippen LogP) is 1.81. The van der Waals surface area contributed by atoms with Crippen LogP contribution in [0.4, 0.5) is 0 Å². The first-order valence-electron chi connectivity index (χ1n) is 6.76. The second-order valence-electron chi connectivity index (χ2n) is 4.96. The van der Waals surface area contributed by atoms with Crippen LogP contribution in [0.15, 0.2) is 24.3 Å². The maximum atomic E-state index is 5.65. The van der Waals surface area contributed by atoms with Crippen LogP contribution in [0.1, 0.15) is 23.0 Å². The van der Waals surface area contributed by atoms with Crippen LogP contribution in [0.25, 0.3) is 0 Å². The molecule has 1 aliphatic heterocycles. The molecule has 1 aliphatic rings. The third kappa shape index (κ3) is 2.25. The van der Waals surface area contributed by atoms with Crippen LogP contribution in [0.5, 0.6) is 11.5 Å². The summed E-state index contributed by atoms with van der Waals surface area (Å²) < 4.78 is 13.1. The maximum Gasteiger partial charge on any atom is 0.161 e. The zero-order chi connectivity index (χ0) is 14.1. The predicted molar refractivity (Wildman–Crippen MR) is 76.3 cm³/mol. The average Bonchev–Trinajstić information content (AvgIpc) is 2.78. The number of benzene rings is 1. The molecule has 2 heterocycles. The van der Waals surface area contributed by atoms with Gasteiger partial charge < -0.3 is 14.8 Å². The molecular formula is C15H19N3O2. The lowest BCUT2D eigenvalue weighted by atomic mass is 10.0. The van der Waals surface area contributed by atoms with Gasteiger partial charge in [-0.1, -0.05) is 6.07 Å². The minimum Gasteiger partial charge on any atom is -0.486 e. The first kappa shape index (κ1) is 13.0. The van der Waals surface area contributed by atoms with E-state index in [4.69, 9.17) is 9.47 Å². The standard InChI is InChI=1S/C15H19N3O2/c1-10-8-12(18(3)17-10)15(16-2)11-4-5-13-14(9-11)20-7-6-19-13/h4-5,8-9,15-16H,6-7H2,1-3H3. The molecule has 106 valence electrons. The highest BCUT2D eigenvalue weighted by molar-refractivity contribution is 5.46. The van der Waals surface area contributed by atoms with E-state index < -0.39 is 0 Å². The first-order valence-corrected chi connectivity index (χ1v) is 6.76. The lowest BCUT2D eigenvalue weighted by Gasteiger charge is -2.22. The van der Waals surface area contributed by atoms with Crippen molar-refractivity contribution < 1.29 is 9.47 Å². The molecule has 0 bridgehead atoms. The molecule has 0 fully saturated rings. The molecule has 2 aromatic rings. The zero-order valence-electron chi connectivity index (χ0n) is 12.0. The number of aromatic nitrogens is 2. The minimum absolute atomic E-state index is 0.0806. The van der Waals surface area contributed by atoms with E-state index in [0.29, 0.717) is 13.2 Å². The van der Waals surface area contributed by atoms with Gasteiger partial charge in [0.1, 0.15) is 13.2 Å². The summed E-state index contributed by atoms with van der Waals surface area (Å²) in [4.78, 5) is 0. The van der Waals surface area contributed by atoms with Crippen LogP contribution in [-0.4, -0.2) is 30.0 Å². The van der Waals surface area contributed by atoms with Gasteiger partial charge in [0.2, 0.25) is 0 Å². The van der Waals surface area contributed by atoms with Crippen molar-refractivity contribution in [1.82, 2.24) is 15.1 Å². The van der Waals surface area contributed by atoms with E-state index in [9.17, 15) is 0 Å². The Morgan fingerprint density at radius 3 is 2.60 bits per heavy atom. The minimum atomic E-state index is 0.0806. The summed E-state index contributed by atoms with van der Waals surface area (Å²) in [5, 5.41) is 7.75. The van der Waals surface area contributed by atoms with Gasteiger partial charge in [0.05, 0.1) is 17.4 Å². The van der Waals surface area contributed by atoms with Crippen molar-refractivity contribution in [3.63, 3.8) is 0 Å². The summed E-state index contributed by atoms with van der Waals surface area (Å²) in [6.07, 6.45) is 0. The van der Waals surface area contributed by atoms with E-state index in [-0.39, 0.29) is 6.04 Å². The molecule has 3 rings (SSSR count). The Morgan fingerprint density at radius 2 is 1.95 bits per heavy atom. The maximum absolute atomic E-state index is 5.65. The third-order valence-corrected chi connectivity index (χ3v) is 3.52. The summed E-state index contributed by atoms with van der Waals surface area (Å²) in [7, 11) is 3.91. The highest BCUT2D eigenvalue weighted by Crippen LogP contribution is 2.34. The molecule has 20 heavy (non-hydrogen) atoms. The molecule has 0 radical (unpaired) electrons. The molecule has 1 aromatic heterocycles. The van der Waals surface area contributed by atoms with Crippen molar-refractivity contribution >= 4 is 0 Å². The van der Waals surface area contributed by atoms with Gasteiger partial charge in [-0.25, -0.2) is 0 Å². The number of nitrogens with zero attached hydrogens (tertiary/aromatic N) is 2. The number of rotatable bonds is 3. The molecule has 1 aromatic carbocycles. The highest BCUT2D eigenvalue weighted by atomic mass is 16.6. The van der Waals surface area contributed by atoms with Gasteiger partial charge in [0.15, 0.2) is 11.5 Å². The lowest BCUT2D eigenvalue weighted by molar-refractivity contribution is 0.171. The summed E-state index contributed by atoms with van der Waals surface area (Å²) in [5.74, 6) is 1.63. The van der Waals surface area contributed by atoms with E-state index >= 15 is 0 Å². The zero-order valence-corrected chi connectivity index (χ0v) is 12.0. The van der Waals surface area contributed by atoms with Crippen molar-refractivity contribution in [1.29, 1.82) is 0 Å². The largest absolute Gasteiger partial charge is 0.486 e. The quantitative estimate of drug-likeness (QED) is 0.926. The second kappa shape index (κ2) is 5.17. The number of hydrogen-bond donors (Lipinski definition) is 1. The average molecular weight is 273 g/mol. The molecule has 1 unspecified atom stereocenters. The van der Waals surface area contributed by atoms with Crippen LogP contribution in [-0.2, 0) is 7.05 Å². The van der Waals surface area contributed by atoms with Crippen molar-refractivity contribution in [2.24, 2.45) is 7.05 Å². The van der Waals surface area contributed by atoms with Gasteiger partial charge in [-0.05, 0) is 37.7 Å². The molecule has 1 N–H and O–H groups in total. The molecule has 5 nitrogen and oxygen atoms in total. The Labute approximate surface area is 118 Å². The van der Waals surface area contributed by atoms with Crippen molar-refractivity contribution in [3.8, 4) is 11.5 Å². The Hall–Kier alpha value is -2.01. The van der Waals surface area contributed by atoms with Gasteiger partial charge in [0.25, 0.3) is 0 Å². The van der Waals surface area contributed by atoms with E-state index in [1.54, 1.807) is 0 Å². The van der Waals surface area contributed by atoms with Crippen LogP contribution >= 0.6 is 0 Å². The van der Waals surface area contributed by atoms with Crippen LogP contribution in [0.2, 0.25) is 0 Å². The third-order valence-electron chi connectivity index (χ3n) is 3.52. The molecular weight excluding hydrogens is 254 g/mol. The smallest absolute Gasteiger partial charge is 0.161 e. The van der Waals surface area contributed by atoms with E-state index in [1.165, 1.54) is 0 Å². The van der Waals surface area contributed by atoms with Crippen LogP contribution in [0, 0.1) is 6.92 Å². The van der Waals surface area contributed by atoms with Gasteiger partial charge >= 0.3 is 0 Å². The number of nitrogens with one attached hydrogen (secondary N) is 1. The molecule has 0 saturated carbocycles. The van der Waals surface area contributed by atoms with Gasteiger partial charge in [-0.2, -0.15) is 5.10 Å². The summed E-state index contributed by atoms with van der Waals surface area (Å²) in [5.41, 5.74) is 3.28. The highest BCUT2D eigenvalue weighted by Gasteiger charge is 2.19. The molecule has 0 amide bonds. The fourth-order valence-electron chi connectivity index (χ4n) is 2.63. The molecule has 0 saturated heterocycles. The first-order chi connectivity index (χ1) is 9.69. The number of ether oxygens (including phenoxy) is 2. The van der Waals surface area contributed by atoms with Gasteiger partial charge in [0, 0.05) is 7.05 Å². The SMILES string of the molecule is CNC(c1ccc2c(c1)OCCO2)c1cc(C)nn1C. The summed E-state index contributed by atoms with van der Waals surface area (Å²) in [6.45, 7) is 3.22. The number of aryl methyl sites for hydroxylation is 2. The molecule has 5 heteroatoms. The van der Waals surface area contributed by atoms with Crippen molar-refractivity contribution in [2.75, 3.05) is 20.3 Å². The second-order valence-corrected chi connectivity index (χ2v) is 4.96. The molecule has 0 aliphatic carbocycles. The molecule has 0 spiro atoms. The Balaban J connectivity index is 1.99. The van der Waals surface area contributed by atoms with E-state index in [0.717, 1.165) is 28.5 Å². The van der Waals surface area contributed by atoms with Crippen molar-refractivity contribution in [2.45, 2.75) is 13.0 Å². The van der Waals surface area contributed by atoms with Crippen LogP contribution in [0.3, 0.4) is 0 Å². The monoisotopic (exact) mass is 273 g/mol. The number of hydrogen-bond acceptors (Lipinski definition) is 4. The summed E-state index contributed by atoms with van der Waals surface area (Å²) >= 11 is 0. The summed E-state index contributed by atoms with van der Waals surface area (Å²) in [6, 6.07) is 8.25. The topological polar surface area (TPSA) is 48.3 Å². The Kier molecular flexibility index (Phi) is 3.36. The van der Waals surface area contributed by atoms with Gasteiger partial charge in [-0.3, -0.25) is 4.68 Å². The Morgan fingerprint density at radius 1 is 1.20 bits per heavy atom. The fourth-order valence-corrected chi connectivity index (χ4v) is 2.63. The number of fused-ring (bicyclic) bond motifs is 1. The van der Waals surface area contributed by atoms with Crippen molar-refractivity contribution in [3.05, 3.63) is 41.2 Å². The van der Waals surface area contributed by atoms with E-state index in [2.05, 4.69) is 22.5 Å². The Bertz CT molecular complexity index is 622. The fraction of sp³-hybridized carbons (Fsp3) is 0.400. The normalized spacial score (nSPS) is 15.2. The molecule has 1 atom stereocenters. The van der Waals surface area contributed by atoms with Crippen LogP contribution < -0.4 is 14.8 Å². The lowest BCUT2D eigenvalue weighted by Crippen LogP contribution is -2.21. The van der Waals surface area contributed by atoms with E-state index in [1.807, 2.05) is 37.8 Å².